The predicted octanol–water partition coefficient (Wildman–Crippen LogP) is 5.65. The second-order valence-corrected chi connectivity index (χ2v) is 8.54. The number of hydrogen-bond donors (Lipinski definition) is 0. The van der Waals surface area contributed by atoms with Crippen LogP contribution in [-0.2, 0) is 10.0 Å². The summed E-state index contributed by atoms with van der Waals surface area (Å²) in [6.07, 6.45) is 3.58. The van der Waals surface area contributed by atoms with Crippen molar-refractivity contribution >= 4 is 37.7 Å². The van der Waals surface area contributed by atoms with Gasteiger partial charge in [-0.15, -0.1) is 0 Å². The molecule has 0 amide bonds. The second-order valence-electron chi connectivity index (χ2n) is 6.02. The Bertz CT molecular complexity index is 1070. The first-order chi connectivity index (χ1) is 12.9. The fraction of sp³-hybridized carbons (Fsp3) is 0.0455. The highest BCUT2D eigenvalue weighted by Gasteiger charge is 2.14. The van der Waals surface area contributed by atoms with Gasteiger partial charge in [0.25, 0.3) is 10.0 Å². The molecule has 0 aromatic heterocycles. The Labute approximate surface area is 168 Å². The maximum atomic E-state index is 12.8. The van der Waals surface area contributed by atoms with Crippen LogP contribution >= 0.6 is 15.9 Å². The number of aryl methyl sites for hydroxylation is 1. The molecule has 3 rings (SSSR count). The summed E-state index contributed by atoms with van der Waals surface area (Å²) < 4.78 is 30.6. The summed E-state index contributed by atoms with van der Waals surface area (Å²) in [5, 5.41) is 0. The summed E-state index contributed by atoms with van der Waals surface area (Å²) in [6, 6.07) is 23.7. The van der Waals surface area contributed by atoms with Crippen LogP contribution in [0.2, 0.25) is 0 Å². The maximum absolute atomic E-state index is 12.8. The number of benzene rings is 3. The van der Waals surface area contributed by atoms with E-state index in [-0.39, 0.29) is 4.90 Å². The lowest BCUT2D eigenvalue weighted by Crippen LogP contribution is -2.04. The molecule has 0 bridgehead atoms. The lowest BCUT2D eigenvalue weighted by atomic mass is 10.1. The van der Waals surface area contributed by atoms with Crippen LogP contribution < -0.4 is 0 Å². The van der Waals surface area contributed by atoms with Crippen LogP contribution in [-0.4, -0.2) is 14.1 Å². The van der Waals surface area contributed by atoms with E-state index in [9.17, 15) is 8.42 Å². The molecular formula is C22H18BrNO2S. The van der Waals surface area contributed by atoms with E-state index in [1.54, 1.807) is 30.3 Å². The van der Waals surface area contributed by atoms with E-state index in [0.29, 0.717) is 5.71 Å². The second kappa shape index (κ2) is 8.46. The molecule has 0 heterocycles. The number of allylic oxidation sites excluding steroid dienone is 1. The lowest BCUT2D eigenvalue weighted by molar-refractivity contribution is 0.598. The molecular weight excluding hydrogens is 422 g/mol. The zero-order chi connectivity index (χ0) is 19.3. The minimum atomic E-state index is -3.81. The third-order valence-electron chi connectivity index (χ3n) is 3.91. The van der Waals surface area contributed by atoms with Crippen molar-refractivity contribution in [3.05, 3.63) is 106 Å². The molecule has 3 nitrogen and oxygen atoms in total. The highest BCUT2D eigenvalue weighted by atomic mass is 79.9. The standard InChI is InChI=1S/C22H18BrNO2S/c1-17-7-14-21(15-8-17)27(25,26)24-22(19-5-3-2-4-6-19)16-11-18-9-12-20(23)13-10-18/h2-16H,1H3/b16-11+,24-22-. The molecule has 0 atom stereocenters. The Morgan fingerprint density at radius 2 is 1.52 bits per heavy atom. The van der Waals surface area contributed by atoms with E-state index in [1.165, 1.54) is 0 Å². The van der Waals surface area contributed by atoms with Crippen molar-refractivity contribution in [3.63, 3.8) is 0 Å². The van der Waals surface area contributed by atoms with Gasteiger partial charge in [-0.2, -0.15) is 12.8 Å². The minimum absolute atomic E-state index is 0.179. The van der Waals surface area contributed by atoms with Gasteiger partial charge in [-0.05, 0) is 42.8 Å². The molecule has 0 radical (unpaired) electrons. The van der Waals surface area contributed by atoms with E-state index in [2.05, 4.69) is 20.3 Å². The summed E-state index contributed by atoms with van der Waals surface area (Å²) in [4.78, 5) is 0.179. The number of hydrogen-bond acceptors (Lipinski definition) is 2. The van der Waals surface area contributed by atoms with Crippen LogP contribution in [0.4, 0.5) is 0 Å². The van der Waals surface area contributed by atoms with Crippen molar-refractivity contribution in [1.29, 1.82) is 0 Å². The van der Waals surface area contributed by atoms with Gasteiger partial charge in [-0.3, -0.25) is 0 Å². The van der Waals surface area contributed by atoms with Gasteiger partial charge in [0.05, 0.1) is 10.6 Å². The quantitative estimate of drug-likeness (QED) is 0.482. The van der Waals surface area contributed by atoms with Crippen LogP contribution in [0.1, 0.15) is 16.7 Å². The fourth-order valence-corrected chi connectivity index (χ4v) is 3.70. The first-order valence-corrected chi connectivity index (χ1v) is 10.6. The molecule has 0 aliphatic rings. The fourth-order valence-electron chi connectivity index (χ4n) is 2.43. The Morgan fingerprint density at radius 3 is 2.15 bits per heavy atom. The summed E-state index contributed by atoms with van der Waals surface area (Å²) in [7, 11) is -3.81. The van der Waals surface area contributed by atoms with Crippen LogP contribution in [0.25, 0.3) is 6.08 Å². The molecule has 0 spiro atoms. The van der Waals surface area contributed by atoms with Gasteiger partial charge >= 0.3 is 0 Å². The molecule has 0 unspecified atom stereocenters. The molecule has 0 saturated heterocycles. The first kappa shape index (κ1) is 19.3. The lowest BCUT2D eigenvalue weighted by Gasteiger charge is -2.04. The summed E-state index contributed by atoms with van der Waals surface area (Å²) in [5.74, 6) is 0. The van der Waals surface area contributed by atoms with Gasteiger partial charge in [0.1, 0.15) is 0 Å². The van der Waals surface area contributed by atoms with E-state index in [0.717, 1.165) is 21.2 Å². The van der Waals surface area contributed by atoms with E-state index < -0.39 is 10.0 Å². The zero-order valence-electron chi connectivity index (χ0n) is 14.7. The minimum Gasteiger partial charge on any atom is -0.199 e. The van der Waals surface area contributed by atoms with Crippen molar-refractivity contribution < 1.29 is 8.42 Å². The monoisotopic (exact) mass is 439 g/mol. The third-order valence-corrected chi connectivity index (χ3v) is 5.74. The van der Waals surface area contributed by atoms with Gasteiger partial charge in [0.2, 0.25) is 0 Å². The molecule has 5 heteroatoms. The molecule has 0 aliphatic carbocycles. The Kier molecular flexibility index (Phi) is 6.04. The van der Waals surface area contributed by atoms with Crippen molar-refractivity contribution in [3.8, 4) is 0 Å². The van der Waals surface area contributed by atoms with Gasteiger partial charge in [-0.1, -0.05) is 82.2 Å². The van der Waals surface area contributed by atoms with E-state index in [1.807, 2.05) is 67.6 Å². The molecule has 0 N–H and O–H groups in total. The van der Waals surface area contributed by atoms with Crippen molar-refractivity contribution in [1.82, 2.24) is 0 Å². The number of rotatable bonds is 5. The summed E-state index contributed by atoms with van der Waals surface area (Å²) in [6.45, 7) is 1.91. The van der Waals surface area contributed by atoms with Crippen LogP contribution in [0.3, 0.4) is 0 Å². The van der Waals surface area contributed by atoms with Gasteiger partial charge in [0.15, 0.2) is 0 Å². The number of halogens is 1. The van der Waals surface area contributed by atoms with Crippen LogP contribution in [0, 0.1) is 6.92 Å². The van der Waals surface area contributed by atoms with Crippen LogP contribution in [0.15, 0.2) is 98.7 Å². The zero-order valence-corrected chi connectivity index (χ0v) is 17.1. The third kappa shape index (κ3) is 5.25. The van der Waals surface area contributed by atoms with Gasteiger partial charge < -0.3 is 0 Å². The average Bonchev–Trinajstić information content (AvgIpc) is 2.67. The first-order valence-electron chi connectivity index (χ1n) is 8.35. The van der Waals surface area contributed by atoms with E-state index >= 15 is 0 Å². The predicted molar refractivity (Wildman–Crippen MR) is 115 cm³/mol. The molecule has 0 saturated carbocycles. The highest BCUT2D eigenvalue weighted by molar-refractivity contribution is 9.10. The number of nitrogens with zero attached hydrogens (tertiary/aromatic N) is 1. The molecule has 27 heavy (non-hydrogen) atoms. The van der Waals surface area contributed by atoms with Crippen LogP contribution in [0.5, 0.6) is 0 Å². The maximum Gasteiger partial charge on any atom is 0.282 e. The van der Waals surface area contributed by atoms with Crippen molar-refractivity contribution in [2.24, 2.45) is 4.40 Å². The Hall–Kier alpha value is -2.50. The van der Waals surface area contributed by atoms with E-state index in [4.69, 9.17) is 0 Å². The molecule has 0 fully saturated rings. The Balaban J connectivity index is 2.03. The molecule has 136 valence electrons. The average molecular weight is 440 g/mol. The van der Waals surface area contributed by atoms with Gasteiger partial charge in [0, 0.05) is 10.0 Å². The summed E-state index contributed by atoms with van der Waals surface area (Å²) >= 11 is 3.41. The topological polar surface area (TPSA) is 46.5 Å². The van der Waals surface area contributed by atoms with Gasteiger partial charge in [-0.25, -0.2) is 0 Å². The largest absolute Gasteiger partial charge is 0.282 e. The molecule has 3 aromatic rings. The normalized spacial score (nSPS) is 12.4. The number of sulfonamides is 1. The molecule has 0 aliphatic heterocycles. The van der Waals surface area contributed by atoms with Crippen molar-refractivity contribution in [2.75, 3.05) is 0 Å². The smallest absolute Gasteiger partial charge is 0.199 e. The Morgan fingerprint density at radius 1 is 0.889 bits per heavy atom. The highest BCUT2D eigenvalue weighted by Crippen LogP contribution is 2.17. The summed E-state index contributed by atoms with van der Waals surface area (Å²) in [5.41, 5.74) is 3.08. The van der Waals surface area contributed by atoms with Crippen molar-refractivity contribution in [2.45, 2.75) is 11.8 Å². The SMILES string of the molecule is Cc1ccc(S(=O)(=O)/N=C(/C=C/c2ccc(Br)cc2)c2ccccc2)cc1. The molecule has 3 aromatic carbocycles.